The minimum absolute atomic E-state index is 0.0438. The lowest BCUT2D eigenvalue weighted by Crippen LogP contribution is -2.18. The summed E-state index contributed by atoms with van der Waals surface area (Å²) < 4.78 is 0. The van der Waals surface area contributed by atoms with Crippen LogP contribution >= 0.6 is 15.9 Å². The first-order chi connectivity index (χ1) is 8.08. The van der Waals surface area contributed by atoms with Gasteiger partial charge in [-0.2, -0.15) is 0 Å². The van der Waals surface area contributed by atoms with Crippen LogP contribution in [0.4, 0.5) is 5.69 Å². The van der Waals surface area contributed by atoms with E-state index in [1.807, 2.05) is 6.92 Å². The minimum atomic E-state index is -0.133. The molecule has 1 aromatic carbocycles. The Labute approximate surface area is 109 Å². The second kappa shape index (κ2) is 6.39. The zero-order valence-electron chi connectivity index (χ0n) is 9.84. The van der Waals surface area contributed by atoms with Crippen molar-refractivity contribution < 1.29 is 9.59 Å². The van der Waals surface area contributed by atoms with Crippen molar-refractivity contribution in [1.82, 2.24) is 5.32 Å². The minimum Gasteiger partial charge on any atom is -0.355 e. The lowest BCUT2D eigenvalue weighted by Gasteiger charge is -2.09. The Morgan fingerprint density at radius 1 is 1.35 bits per heavy atom. The van der Waals surface area contributed by atoms with Crippen molar-refractivity contribution in [3.63, 3.8) is 0 Å². The van der Waals surface area contributed by atoms with Gasteiger partial charge in [0.15, 0.2) is 0 Å². The average Bonchev–Trinajstić information content (AvgIpc) is 2.31. The Balaban J connectivity index is 2.83. The fourth-order valence-electron chi connectivity index (χ4n) is 1.39. The van der Waals surface area contributed by atoms with E-state index >= 15 is 0 Å². The molecule has 0 spiro atoms. The van der Waals surface area contributed by atoms with Gasteiger partial charge in [-0.1, -0.05) is 15.9 Å². The maximum atomic E-state index is 11.4. The van der Waals surface area contributed by atoms with Gasteiger partial charge in [-0.15, -0.1) is 0 Å². The summed E-state index contributed by atoms with van der Waals surface area (Å²) in [6, 6.07) is 5.18. The Bertz CT molecular complexity index is 433. The summed E-state index contributed by atoms with van der Waals surface area (Å²) >= 11 is 3.21. The Morgan fingerprint density at radius 2 is 2.06 bits per heavy atom. The van der Waals surface area contributed by atoms with Gasteiger partial charge in [-0.3, -0.25) is 9.59 Å². The van der Waals surface area contributed by atoms with Crippen molar-refractivity contribution in [2.45, 2.75) is 13.3 Å². The number of hydrogen-bond acceptors (Lipinski definition) is 2. The number of nitrogens with one attached hydrogen (secondary N) is 2. The fourth-order valence-corrected chi connectivity index (χ4v) is 1.75. The zero-order chi connectivity index (χ0) is 12.8. The Kier molecular flexibility index (Phi) is 5.15. The van der Waals surface area contributed by atoms with Crippen molar-refractivity contribution in [2.24, 2.45) is 0 Å². The molecule has 0 heterocycles. The van der Waals surface area contributed by atoms with Gasteiger partial charge in [0.2, 0.25) is 5.91 Å². The molecule has 0 unspecified atom stereocenters. The molecule has 92 valence electrons. The van der Waals surface area contributed by atoms with E-state index in [9.17, 15) is 9.59 Å². The van der Waals surface area contributed by atoms with Gasteiger partial charge in [0.05, 0.1) is 0 Å². The van der Waals surface area contributed by atoms with Crippen LogP contribution in [0, 0.1) is 6.92 Å². The molecule has 17 heavy (non-hydrogen) atoms. The summed E-state index contributed by atoms with van der Waals surface area (Å²) in [5.74, 6) is -0.177. The van der Waals surface area contributed by atoms with Gasteiger partial charge in [-0.25, -0.2) is 0 Å². The molecule has 2 amide bonds. The smallest absolute Gasteiger partial charge is 0.251 e. The van der Waals surface area contributed by atoms with E-state index in [1.165, 1.54) is 0 Å². The number of halogens is 1. The van der Waals surface area contributed by atoms with Crippen molar-refractivity contribution in [3.05, 3.63) is 29.3 Å². The van der Waals surface area contributed by atoms with E-state index in [4.69, 9.17) is 0 Å². The molecule has 0 aliphatic carbocycles. The third-order valence-corrected chi connectivity index (χ3v) is 2.71. The van der Waals surface area contributed by atoms with Crippen LogP contribution in [0.2, 0.25) is 0 Å². The van der Waals surface area contributed by atoms with Crippen LogP contribution in [-0.2, 0) is 4.79 Å². The highest BCUT2D eigenvalue weighted by Crippen LogP contribution is 2.16. The SMILES string of the molecule is CNC(=O)c1ccc(NC(=O)CCBr)c(C)c1. The molecule has 0 atom stereocenters. The largest absolute Gasteiger partial charge is 0.355 e. The lowest BCUT2D eigenvalue weighted by molar-refractivity contribution is -0.115. The second-order valence-corrected chi connectivity index (χ2v) is 4.39. The molecular formula is C12H15BrN2O2. The summed E-state index contributed by atoms with van der Waals surface area (Å²) in [6.45, 7) is 1.86. The maximum absolute atomic E-state index is 11.4. The van der Waals surface area contributed by atoms with Crippen LogP contribution in [0.1, 0.15) is 22.3 Å². The number of alkyl halides is 1. The molecule has 0 bridgehead atoms. The number of amides is 2. The number of hydrogen-bond donors (Lipinski definition) is 2. The van der Waals surface area contributed by atoms with Crippen LogP contribution in [0.25, 0.3) is 0 Å². The maximum Gasteiger partial charge on any atom is 0.251 e. The predicted octanol–water partition coefficient (Wildman–Crippen LogP) is 2.08. The normalized spacial score (nSPS) is 9.82. The highest BCUT2D eigenvalue weighted by molar-refractivity contribution is 9.09. The second-order valence-electron chi connectivity index (χ2n) is 3.60. The fraction of sp³-hybridized carbons (Fsp3) is 0.333. The Morgan fingerprint density at radius 3 is 2.59 bits per heavy atom. The number of benzene rings is 1. The summed E-state index contributed by atoms with van der Waals surface area (Å²) in [5, 5.41) is 5.98. The molecule has 4 nitrogen and oxygen atoms in total. The molecular weight excluding hydrogens is 284 g/mol. The first-order valence-electron chi connectivity index (χ1n) is 5.27. The van der Waals surface area contributed by atoms with Crippen LogP contribution in [0.3, 0.4) is 0 Å². The van der Waals surface area contributed by atoms with Crippen LogP contribution in [0.15, 0.2) is 18.2 Å². The lowest BCUT2D eigenvalue weighted by atomic mass is 10.1. The zero-order valence-corrected chi connectivity index (χ0v) is 11.4. The molecule has 1 aromatic rings. The summed E-state index contributed by atoms with van der Waals surface area (Å²) in [7, 11) is 1.59. The molecule has 0 fully saturated rings. The van der Waals surface area contributed by atoms with Gasteiger partial charge in [-0.05, 0) is 30.7 Å². The van der Waals surface area contributed by atoms with Gasteiger partial charge in [0.1, 0.15) is 0 Å². The van der Waals surface area contributed by atoms with Crippen molar-refractivity contribution in [3.8, 4) is 0 Å². The topological polar surface area (TPSA) is 58.2 Å². The highest BCUT2D eigenvalue weighted by Gasteiger charge is 2.07. The standard InChI is InChI=1S/C12H15BrN2O2/c1-8-7-9(12(17)14-2)3-4-10(8)15-11(16)5-6-13/h3-4,7H,5-6H2,1-2H3,(H,14,17)(H,15,16). The van der Waals surface area contributed by atoms with E-state index in [-0.39, 0.29) is 11.8 Å². The van der Waals surface area contributed by atoms with Crippen LogP contribution < -0.4 is 10.6 Å². The molecule has 0 saturated heterocycles. The number of carbonyl (C=O) groups excluding carboxylic acids is 2. The van der Waals surface area contributed by atoms with E-state index in [1.54, 1.807) is 25.2 Å². The summed E-state index contributed by atoms with van der Waals surface area (Å²) in [5.41, 5.74) is 2.20. The molecule has 2 N–H and O–H groups in total. The molecule has 0 saturated carbocycles. The third-order valence-electron chi connectivity index (χ3n) is 2.31. The van der Waals surface area contributed by atoms with E-state index < -0.39 is 0 Å². The molecule has 0 radical (unpaired) electrons. The third kappa shape index (κ3) is 3.85. The summed E-state index contributed by atoms with van der Waals surface area (Å²) in [6.07, 6.45) is 0.427. The van der Waals surface area contributed by atoms with Crippen molar-refractivity contribution in [1.29, 1.82) is 0 Å². The average molecular weight is 299 g/mol. The number of carbonyl (C=O) groups is 2. The van der Waals surface area contributed by atoms with E-state index in [0.29, 0.717) is 17.3 Å². The molecule has 0 aromatic heterocycles. The van der Waals surface area contributed by atoms with E-state index in [0.717, 1.165) is 11.3 Å². The number of anilines is 1. The molecule has 0 aliphatic rings. The molecule has 0 aliphatic heterocycles. The Hall–Kier alpha value is -1.36. The molecule has 1 rings (SSSR count). The summed E-state index contributed by atoms with van der Waals surface area (Å²) in [4.78, 5) is 22.8. The van der Waals surface area contributed by atoms with Crippen LogP contribution in [-0.4, -0.2) is 24.2 Å². The van der Waals surface area contributed by atoms with Gasteiger partial charge >= 0.3 is 0 Å². The van der Waals surface area contributed by atoms with Gasteiger partial charge in [0.25, 0.3) is 5.91 Å². The van der Waals surface area contributed by atoms with Gasteiger partial charge < -0.3 is 10.6 Å². The van der Waals surface area contributed by atoms with Crippen molar-refractivity contribution >= 4 is 33.4 Å². The predicted molar refractivity (Wildman–Crippen MR) is 71.6 cm³/mol. The molecule has 5 heteroatoms. The highest BCUT2D eigenvalue weighted by atomic mass is 79.9. The van der Waals surface area contributed by atoms with Gasteiger partial charge in [0, 0.05) is 30.0 Å². The van der Waals surface area contributed by atoms with Crippen molar-refractivity contribution in [2.75, 3.05) is 17.7 Å². The number of rotatable bonds is 4. The van der Waals surface area contributed by atoms with Crippen LogP contribution in [0.5, 0.6) is 0 Å². The first kappa shape index (κ1) is 13.7. The quantitative estimate of drug-likeness (QED) is 0.836. The monoisotopic (exact) mass is 298 g/mol. The first-order valence-corrected chi connectivity index (χ1v) is 6.39. The number of aryl methyl sites for hydroxylation is 1. The van der Waals surface area contributed by atoms with E-state index in [2.05, 4.69) is 26.6 Å².